The predicted octanol–water partition coefficient (Wildman–Crippen LogP) is 3.44. The summed E-state index contributed by atoms with van der Waals surface area (Å²) in [4.78, 5) is 15.5. The Bertz CT molecular complexity index is 499. The molecule has 0 fully saturated rings. The van der Waals surface area contributed by atoms with Gasteiger partial charge in [-0.15, -0.1) is 0 Å². The van der Waals surface area contributed by atoms with Crippen LogP contribution in [0.4, 0.5) is 13.6 Å². The number of halogens is 2. The van der Waals surface area contributed by atoms with Gasteiger partial charge in [-0.2, -0.15) is 8.78 Å². The molecule has 0 aliphatic rings. The van der Waals surface area contributed by atoms with E-state index in [9.17, 15) is 13.6 Å². The van der Waals surface area contributed by atoms with Crippen molar-refractivity contribution in [2.75, 3.05) is 0 Å². The van der Waals surface area contributed by atoms with E-state index in [0.29, 0.717) is 5.56 Å². The highest BCUT2D eigenvalue weighted by Gasteiger charge is 2.27. The molecule has 0 bridgehead atoms. The molecule has 0 aromatic carbocycles. The average Bonchev–Trinajstić information content (AvgIpc) is 2.24. The van der Waals surface area contributed by atoms with Gasteiger partial charge in [0.05, 0.1) is 5.54 Å². The second-order valence-electron chi connectivity index (χ2n) is 6.01. The summed E-state index contributed by atoms with van der Waals surface area (Å²) in [6.07, 6.45) is 0.742. The minimum atomic E-state index is -2.95. The molecule has 1 amide bonds. The van der Waals surface area contributed by atoms with Crippen molar-refractivity contribution in [1.82, 2.24) is 10.3 Å². The van der Waals surface area contributed by atoms with Crippen LogP contribution in [0.1, 0.15) is 40.2 Å². The molecule has 0 aliphatic heterocycles. The van der Waals surface area contributed by atoms with Crippen molar-refractivity contribution in [2.45, 2.75) is 52.4 Å². The number of carbonyl (C=O) groups is 1. The third-order valence-electron chi connectivity index (χ3n) is 2.48. The Hall–Kier alpha value is -1.92. The van der Waals surface area contributed by atoms with E-state index in [1.165, 1.54) is 12.3 Å². The van der Waals surface area contributed by atoms with Gasteiger partial charge in [0.25, 0.3) is 0 Å². The smallest absolute Gasteiger partial charge is 0.408 e. The van der Waals surface area contributed by atoms with Crippen LogP contribution in [0.5, 0.6) is 5.88 Å². The maximum atomic E-state index is 12.2. The van der Waals surface area contributed by atoms with E-state index in [4.69, 9.17) is 4.74 Å². The molecule has 21 heavy (non-hydrogen) atoms. The van der Waals surface area contributed by atoms with Crippen molar-refractivity contribution in [3.63, 3.8) is 0 Å². The number of pyridine rings is 1. The first-order valence-electron chi connectivity index (χ1n) is 6.42. The Labute approximate surface area is 122 Å². The van der Waals surface area contributed by atoms with Gasteiger partial charge < -0.3 is 14.8 Å². The molecule has 0 saturated heterocycles. The lowest BCUT2D eigenvalue weighted by atomic mass is 9.95. The lowest BCUT2D eigenvalue weighted by Gasteiger charge is -2.29. The second-order valence-corrected chi connectivity index (χ2v) is 6.01. The molecule has 0 spiro atoms. The van der Waals surface area contributed by atoms with Crippen molar-refractivity contribution in [3.05, 3.63) is 23.9 Å². The van der Waals surface area contributed by atoms with Gasteiger partial charge in [-0.3, -0.25) is 0 Å². The third kappa shape index (κ3) is 5.93. The number of hydrogen-bond donors (Lipinski definition) is 1. The van der Waals surface area contributed by atoms with E-state index in [-0.39, 0.29) is 5.88 Å². The Morgan fingerprint density at radius 3 is 2.43 bits per heavy atom. The molecule has 0 atom stereocenters. The molecule has 1 aromatic heterocycles. The van der Waals surface area contributed by atoms with Crippen molar-refractivity contribution >= 4 is 6.09 Å². The van der Waals surface area contributed by atoms with E-state index in [0.717, 1.165) is 0 Å². The highest BCUT2D eigenvalue weighted by Crippen LogP contribution is 2.24. The number of nitrogens with zero attached hydrogens (tertiary/aromatic N) is 1. The number of ether oxygens (including phenoxy) is 2. The molecule has 0 radical (unpaired) electrons. The molecule has 118 valence electrons. The minimum Gasteiger partial charge on any atom is -0.444 e. The fourth-order valence-corrected chi connectivity index (χ4v) is 1.58. The summed E-state index contributed by atoms with van der Waals surface area (Å²) in [7, 11) is 0. The molecule has 0 aliphatic carbocycles. The molecule has 0 unspecified atom stereocenters. The quantitative estimate of drug-likeness (QED) is 0.925. The lowest BCUT2D eigenvalue weighted by molar-refractivity contribution is -0.0529. The number of alkyl halides is 2. The summed E-state index contributed by atoms with van der Waals surface area (Å²) in [6.45, 7) is 5.74. The van der Waals surface area contributed by atoms with Crippen LogP contribution >= 0.6 is 0 Å². The molecular weight excluding hydrogens is 282 g/mol. The Morgan fingerprint density at radius 1 is 1.29 bits per heavy atom. The van der Waals surface area contributed by atoms with E-state index in [1.54, 1.807) is 40.7 Å². The van der Waals surface area contributed by atoms with E-state index < -0.39 is 23.8 Å². The Balaban J connectivity index is 2.84. The van der Waals surface area contributed by atoms with Gasteiger partial charge in [0.1, 0.15) is 5.60 Å². The summed E-state index contributed by atoms with van der Waals surface area (Å²) >= 11 is 0. The van der Waals surface area contributed by atoms with Crippen LogP contribution in [0.25, 0.3) is 0 Å². The number of aromatic nitrogens is 1. The maximum Gasteiger partial charge on any atom is 0.408 e. The third-order valence-corrected chi connectivity index (χ3v) is 2.48. The number of rotatable bonds is 4. The first kappa shape index (κ1) is 17.1. The highest BCUT2D eigenvalue weighted by molar-refractivity contribution is 5.69. The van der Waals surface area contributed by atoms with Crippen LogP contribution in [0.2, 0.25) is 0 Å². The molecule has 1 aromatic rings. The molecule has 1 heterocycles. The number of amides is 1. The van der Waals surface area contributed by atoms with Crippen LogP contribution in [0.15, 0.2) is 18.3 Å². The fourth-order valence-electron chi connectivity index (χ4n) is 1.58. The topological polar surface area (TPSA) is 60.5 Å². The zero-order valence-electron chi connectivity index (χ0n) is 12.7. The molecule has 5 nitrogen and oxygen atoms in total. The summed E-state index contributed by atoms with van der Waals surface area (Å²) in [5.74, 6) is -0.207. The Morgan fingerprint density at radius 2 is 1.90 bits per heavy atom. The van der Waals surface area contributed by atoms with Gasteiger partial charge in [0.2, 0.25) is 5.88 Å². The van der Waals surface area contributed by atoms with Crippen LogP contribution in [-0.2, 0) is 10.3 Å². The minimum absolute atomic E-state index is 0.207. The van der Waals surface area contributed by atoms with E-state index >= 15 is 0 Å². The SMILES string of the molecule is CC(C)(C)OC(=O)NC(C)(C)c1ccnc(OC(F)F)c1. The summed E-state index contributed by atoms with van der Waals surface area (Å²) in [5.41, 5.74) is -0.882. The molecule has 7 heteroatoms. The fraction of sp³-hybridized carbons (Fsp3) is 0.571. The van der Waals surface area contributed by atoms with Crippen molar-refractivity contribution in [3.8, 4) is 5.88 Å². The van der Waals surface area contributed by atoms with Gasteiger partial charge >= 0.3 is 12.7 Å². The largest absolute Gasteiger partial charge is 0.444 e. The van der Waals surface area contributed by atoms with E-state index in [1.807, 2.05) is 0 Å². The normalized spacial score (nSPS) is 12.2. The highest BCUT2D eigenvalue weighted by atomic mass is 19.3. The van der Waals surface area contributed by atoms with Gasteiger partial charge in [0.15, 0.2) is 0 Å². The zero-order valence-corrected chi connectivity index (χ0v) is 12.7. The second kappa shape index (κ2) is 6.24. The van der Waals surface area contributed by atoms with E-state index in [2.05, 4.69) is 15.0 Å². The monoisotopic (exact) mass is 302 g/mol. The molecule has 1 N–H and O–H groups in total. The lowest BCUT2D eigenvalue weighted by Crippen LogP contribution is -2.43. The standard InChI is InChI=1S/C14H20F2N2O3/c1-13(2,3)21-12(19)18-14(4,5)9-6-7-17-10(8-9)20-11(15)16/h6-8,11H,1-5H3,(H,18,19). The summed E-state index contributed by atoms with van der Waals surface area (Å²) in [6, 6.07) is 2.96. The van der Waals surface area contributed by atoms with Crippen molar-refractivity contribution in [1.29, 1.82) is 0 Å². The zero-order chi connectivity index (χ0) is 16.3. The average molecular weight is 302 g/mol. The van der Waals surface area contributed by atoms with Gasteiger partial charge in [-0.25, -0.2) is 9.78 Å². The molecule has 0 saturated carbocycles. The Kier molecular flexibility index (Phi) is 5.09. The number of alkyl carbamates (subject to hydrolysis) is 1. The van der Waals surface area contributed by atoms with Crippen LogP contribution < -0.4 is 10.1 Å². The predicted molar refractivity (Wildman–Crippen MR) is 73.3 cm³/mol. The van der Waals surface area contributed by atoms with Gasteiger partial charge in [-0.05, 0) is 46.2 Å². The summed E-state index contributed by atoms with van der Waals surface area (Å²) in [5, 5.41) is 2.68. The van der Waals surface area contributed by atoms with Gasteiger partial charge in [-0.1, -0.05) is 0 Å². The first-order chi connectivity index (χ1) is 9.49. The summed E-state index contributed by atoms with van der Waals surface area (Å²) < 4.78 is 33.8. The number of nitrogens with one attached hydrogen (secondary N) is 1. The number of hydrogen-bond acceptors (Lipinski definition) is 4. The van der Waals surface area contributed by atoms with Crippen molar-refractivity contribution < 1.29 is 23.0 Å². The maximum absolute atomic E-state index is 12.2. The molecular formula is C14H20F2N2O3. The van der Waals surface area contributed by atoms with Crippen LogP contribution in [0.3, 0.4) is 0 Å². The van der Waals surface area contributed by atoms with Crippen LogP contribution in [-0.4, -0.2) is 23.3 Å². The van der Waals surface area contributed by atoms with Gasteiger partial charge in [0, 0.05) is 12.3 Å². The van der Waals surface area contributed by atoms with Crippen molar-refractivity contribution in [2.24, 2.45) is 0 Å². The number of carbonyl (C=O) groups excluding carboxylic acids is 1. The first-order valence-corrected chi connectivity index (χ1v) is 6.42. The van der Waals surface area contributed by atoms with Crippen LogP contribution in [0, 0.1) is 0 Å². The molecule has 1 rings (SSSR count).